The van der Waals surface area contributed by atoms with Gasteiger partial charge in [0, 0.05) is 17.7 Å². The molecule has 0 amide bonds. The van der Waals surface area contributed by atoms with E-state index >= 15 is 0 Å². The van der Waals surface area contributed by atoms with Crippen molar-refractivity contribution in [2.45, 2.75) is 6.92 Å². The second kappa shape index (κ2) is 5.91. The Bertz CT molecular complexity index is 713. The highest BCUT2D eigenvalue weighted by Gasteiger charge is 2.12. The normalized spacial score (nSPS) is 11.2. The number of nitrogens with zero attached hydrogens (tertiary/aromatic N) is 2. The van der Waals surface area contributed by atoms with Gasteiger partial charge in [-0.3, -0.25) is 15.5 Å². The van der Waals surface area contributed by atoms with Crippen LogP contribution in [-0.2, 0) is 0 Å². The first-order chi connectivity index (χ1) is 9.99. The smallest absolute Gasteiger partial charge is 0.294 e. The van der Waals surface area contributed by atoms with Crippen LogP contribution in [0, 0.1) is 10.1 Å². The van der Waals surface area contributed by atoms with Crippen molar-refractivity contribution >= 4 is 17.1 Å². The summed E-state index contributed by atoms with van der Waals surface area (Å²) in [5.41, 5.74) is 3.60. The fraction of sp³-hybridized carbons (Fsp3) is 0.0714. The predicted octanol–water partition coefficient (Wildman–Crippen LogP) is 2.84. The molecule has 2 aromatic carbocycles. The number of nitro benzene ring substituents is 1. The number of para-hydroxylation sites is 2. The quantitative estimate of drug-likeness (QED) is 0.455. The zero-order valence-electron chi connectivity index (χ0n) is 11.1. The van der Waals surface area contributed by atoms with Gasteiger partial charge in [-0.15, -0.1) is 0 Å². The molecule has 0 atom stereocenters. The maximum Gasteiger partial charge on any atom is 0.294 e. The van der Waals surface area contributed by atoms with Gasteiger partial charge in [0.05, 0.1) is 10.6 Å². The lowest BCUT2D eigenvalue weighted by molar-refractivity contribution is -0.384. The average molecular weight is 287 g/mol. The van der Waals surface area contributed by atoms with Crippen molar-refractivity contribution in [1.82, 2.24) is 0 Å². The number of anilines is 1. The van der Waals surface area contributed by atoms with Crippen LogP contribution < -0.4 is 5.43 Å². The van der Waals surface area contributed by atoms with Crippen molar-refractivity contribution < 1.29 is 15.1 Å². The summed E-state index contributed by atoms with van der Waals surface area (Å²) in [5, 5.41) is 33.9. The number of benzene rings is 2. The van der Waals surface area contributed by atoms with E-state index in [-0.39, 0.29) is 22.9 Å². The number of aromatic hydroxyl groups is 2. The Morgan fingerprint density at radius 3 is 2.62 bits per heavy atom. The summed E-state index contributed by atoms with van der Waals surface area (Å²) < 4.78 is 0. The van der Waals surface area contributed by atoms with E-state index in [1.807, 2.05) is 0 Å². The van der Waals surface area contributed by atoms with Gasteiger partial charge in [0.25, 0.3) is 5.69 Å². The van der Waals surface area contributed by atoms with E-state index in [0.717, 1.165) is 0 Å². The maximum absolute atomic E-state index is 10.9. The van der Waals surface area contributed by atoms with Crippen LogP contribution in [0.2, 0.25) is 0 Å². The lowest BCUT2D eigenvalue weighted by Crippen LogP contribution is -2.02. The minimum atomic E-state index is -0.509. The fourth-order valence-electron chi connectivity index (χ4n) is 1.76. The van der Waals surface area contributed by atoms with Gasteiger partial charge in [0.1, 0.15) is 17.2 Å². The molecule has 0 bridgehead atoms. The molecule has 2 aromatic rings. The number of nitrogens with one attached hydrogen (secondary N) is 1. The molecular formula is C14H13N3O4. The topological polar surface area (TPSA) is 108 Å². The molecule has 3 N–H and O–H groups in total. The van der Waals surface area contributed by atoms with Crippen LogP contribution in [-0.4, -0.2) is 20.8 Å². The van der Waals surface area contributed by atoms with E-state index in [0.29, 0.717) is 11.3 Å². The van der Waals surface area contributed by atoms with Gasteiger partial charge < -0.3 is 10.2 Å². The zero-order chi connectivity index (χ0) is 15.4. The van der Waals surface area contributed by atoms with Gasteiger partial charge in [-0.1, -0.05) is 12.1 Å². The first kappa shape index (κ1) is 14.3. The molecule has 0 aliphatic carbocycles. The van der Waals surface area contributed by atoms with Gasteiger partial charge >= 0.3 is 0 Å². The molecule has 0 aliphatic rings. The Balaban J connectivity index is 2.27. The highest BCUT2D eigenvalue weighted by atomic mass is 16.6. The monoisotopic (exact) mass is 287 g/mol. The highest BCUT2D eigenvalue weighted by Crippen LogP contribution is 2.25. The molecule has 0 radical (unpaired) electrons. The lowest BCUT2D eigenvalue weighted by Gasteiger charge is -2.06. The molecule has 0 saturated carbocycles. The van der Waals surface area contributed by atoms with E-state index < -0.39 is 4.92 Å². The summed E-state index contributed by atoms with van der Waals surface area (Å²) >= 11 is 0. The highest BCUT2D eigenvalue weighted by molar-refractivity contribution is 6.01. The molecule has 0 fully saturated rings. The van der Waals surface area contributed by atoms with Gasteiger partial charge in [-0.05, 0) is 25.1 Å². The maximum atomic E-state index is 10.9. The summed E-state index contributed by atoms with van der Waals surface area (Å²) in [4.78, 5) is 10.4. The predicted molar refractivity (Wildman–Crippen MR) is 78.7 cm³/mol. The van der Waals surface area contributed by atoms with Gasteiger partial charge in [0.15, 0.2) is 0 Å². The van der Waals surface area contributed by atoms with Gasteiger partial charge in [0.2, 0.25) is 0 Å². The van der Waals surface area contributed by atoms with Crippen LogP contribution >= 0.6 is 0 Å². The van der Waals surface area contributed by atoms with E-state index in [1.165, 1.54) is 30.3 Å². The number of hydrogen-bond donors (Lipinski definition) is 3. The van der Waals surface area contributed by atoms with Crippen LogP contribution in [0.3, 0.4) is 0 Å². The summed E-state index contributed by atoms with van der Waals surface area (Å²) in [6, 6.07) is 10.2. The van der Waals surface area contributed by atoms with Crippen molar-refractivity contribution in [2.24, 2.45) is 5.10 Å². The average Bonchev–Trinajstić information content (AvgIpc) is 2.45. The molecule has 0 aliphatic heterocycles. The van der Waals surface area contributed by atoms with Crippen LogP contribution in [0.1, 0.15) is 12.5 Å². The minimum absolute atomic E-state index is 0.0595. The van der Waals surface area contributed by atoms with Crippen molar-refractivity contribution in [3.8, 4) is 11.5 Å². The van der Waals surface area contributed by atoms with Crippen LogP contribution in [0.15, 0.2) is 47.6 Å². The third-order valence-corrected chi connectivity index (χ3v) is 2.82. The first-order valence-electron chi connectivity index (χ1n) is 6.05. The SMILES string of the molecule is C/C(=N/Nc1ccccc1[N+](=O)[O-])c1ccc(O)cc1O. The van der Waals surface area contributed by atoms with Crippen LogP contribution in [0.5, 0.6) is 11.5 Å². The molecule has 0 heterocycles. The molecule has 108 valence electrons. The number of hydrogen-bond acceptors (Lipinski definition) is 6. The van der Waals surface area contributed by atoms with E-state index in [1.54, 1.807) is 19.1 Å². The molecule has 7 heteroatoms. The molecule has 0 unspecified atom stereocenters. The standard InChI is InChI=1S/C14H13N3O4/c1-9(11-7-6-10(18)8-14(11)19)15-16-12-4-2-3-5-13(12)17(20)21/h2-8,16,18-19H,1H3/b15-9-. The number of phenols is 2. The number of phenolic OH excluding ortho intramolecular Hbond substituents is 2. The van der Waals surface area contributed by atoms with Crippen LogP contribution in [0.25, 0.3) is 0 Å². The summed E-state index contributed by atoms with van der Waals surface area (Å²) in [6.07, 6.45) is 0. The summed E-state index contributed by atoms with van der Waals surface area (Å²) in [5.74, 6) is -0.184. The Kier molecular flexibility index (Phi) is 4.03. The van der Waals surface area contributed by atoms with Crippen LogP contribution in [0.4, 0.5) is 11.4 Å². The summed E-state index contributed by atoms with van der Waals surface area (Å²) in [6.45, 7) is 1.63. The van der Waals surface area contributed by atoms with E-state index in [9.17, 15) is 20.3 Å². The second-order valence-electron chi connectivity index (χ2n) is 4.28. The Hall–Kier alpha value is -3.09. The third-order valence-electron chi connectivity index (χ3n) is 2.82. The van der Waals surface area contributed by atoms with Gasteiger partial charge in [-0.25, -0.2) is 0 Å². The molecule has 0 saturated heterocycles. The van der Waals surface area contributed by atoms with Crippen molar-refractivity contribution in [1.29, 1.82) is 0 Å². The molecule has 2 rings (SSSR count). The minimum Gasteiger partial charge on any atom is -0.508 e. The lowest BCUT2D eigenvalue weighted by atomic mass is 10.1. The second-order valence-corrected chi connectivity index (χ2v) is 4.28. The molecule has 0 aromatic heterocycles. The zero-order valence-corrected chi connectivity index (χ0v) is 11.1. The molecule has 7 nitrogen and oxygen atoms in total. The molecule has 21 heavy (non-hydrogen) atoms. The van der Waals surface area contributed by atoms with Crippen molar-refractivity contribution in [3.63, 3.8) is 0 Å². The summed E-state index contributed by atoms with van der Waals surface area (Å²) in [7, 11) is 0. The van der Waals surface area contributed by atoms with Crippen molar-refractivity contribution in [2.75, 3.05) is 5.43 Å². The molecule has 0 spiro atoms. The third kappa shape index (κ3) is 3.27. The Labute approximate surface area is 120 Å². The number of hydrazone groups is 1. The van der Waals surface area contributed by atoms with E-state index in [4.69, 9.17) is 0 Å². The van der Waals surface area contributed by atoms with E-state index in [2.05, 4.69) is 10.5 Å². The largest absolute Gasteiger partial charge is 0.508 e. The Morgan fingerprint density at radius 1 is 1.24 bits per heavy atom. The molecular weight excluding hydrogens is 274 g/mol. The van der Waals surface area contributed by atoms with Gasteiger partial charge in [-0.2, -0.15) is 5.10 Å². The number of nitro groups is 1. The fourth-order valence-corrected chi connectivity index (χ4v) is 1.76. The van der Waals surface area contributed by atoms with Crippen molar-refractivity contribution in [3.05, 3.63) is 58.1 Å². The Morgan fingerprint density at radius 2 is 1.95 bits per heavy atom. The number of rotatable bonds is 4. The first-order valence-corrected chi connectivity index (χ1v) is 6.05.